The number of amides is 1. The number of rotatable bonds is 3. The van der Waals surface area contributed by atoms with E-state index in [-0.39, 0.29) is 17.9 Å². The van der Waals surface area contributed by atoms with Crippen molar-refractivity contribution in [1.29, 1.82) is 0 Å². The van der Waals surface area contributed by atoms with Crippen molar-refractivity contribution in [2.24, 2.45) is 23.0 Å². The van der Waals surface area contributed by atoms with Crippen LogP contribution in [0, 0.1) is 17.3 Å². The number of halogens is 1. The van der Waals surface area contributed by atoms with Gasteiger partial charge in [0.2, 0.25) is 5.91 Å². The van der Waals surface area contributed by atoms with E-state index in [1.54, 1.807) is 0 Å². The normalized spacial score (nSPS) is 33.1. The van der Waals surface area contributed by atoms with Gasteiger partial charge in [-0.15, -0.1) is 0 Å². The number of nitrogens with two attached hydrogens (primary N) is 1. The summed E-state index contributed by atoms with van der Waals surface area (Å²) in [7, 11) is 0. The molecule has 4 heteroatoms. The summed E-state index contributed by atoms with van der Waals surface area (Å²) in [5.41, 5.74) is 6.41. The molecular formula is C15H27BrN2O. The van der Waals surface area contributed by atoms with E-state index in [2.05, 4.69) is 15.9 Å². The van der Waals surface area contributed by atoms with Gasteiger partial charge in [0.1, 0.15) is 0 Å². The number of alkyl halides is 1. The van der Waals surface area contributed by atoms with Crippen molar-refractivity contribution < 1.29 is 4.79 Å². The highest BCUT2D eigenvalue weighted by atomic mass is 79.9. The molecular weight excluding hydrogens is 304 g/mol. The molecule has 1 aliphatic carbocycles. The molecule has 0 bridgehead atoms. The number of hydrogen-bond acceptors (Lipinski definition) is 2. The SMILES string of the molecule is CC(C)[C@H](N)C(=O)N1CCC2(CCC(CBr)CC2)C1. The van der Waals surface area contributed by atoms with E-state index in [9.17, 15) is 4.79 Å². The van der Waals surface area contributed by atoms with Gasteiger partial charge < -0.3 is 10.6 Å². The fraction of sp³-hybridized carbons (Fsp3) is 0.933. The molecule has 3 nitrogen and oxygen atoms in total. The minimum atomic E-state index is -0.325. The summed E-state index contributed by atoms with van der Waals surface area (Å²) in [5.74, 6) is 1.23. The Bertz CT molecular complexity index is 324. The van der Waals surface area contributed by atoms with Crippen LogP contribution in [0.2, 0.25) is 0 Å². The topological polar surface area (TPSA) is 46.3 Å². The van der Waals surface area contributed by atoms with Crippen molar-refractivity contribution in [2.75, 3.05) is 18.4 Å². The Hall–Kier alpha value is -0.0900. The van der Waals surface area contributed by atoms with Crippen molar-refractivity contribution in [3.63, 3.8) is 0 Å². The number of nitrogens with zero attached hydrogens (tertiary/aromatic N) is 1. The molecule has 0 aromatic carbocycles. The molecule has 2 fully saturated rings. The lowest BCUT2D eigenvalue weighted by Gasteiger charge is -2.37. The highest BCUT2D eigenvalue weighted by Gasteiger charge is 2.43. The third-order valence-corrected chi connectivity index (χ3v) is 6.05. The molecule has 19 heavy (non-hydrogen) atoms. The predicted octanol–water partition coefficient (Wildman–Crippen LogP) is 2.77. The summed E-state index contributed by atoms with van der Waals surface area (Å²) in [5, 5.41) is 1.13. The van der Waals surface area contributed by atoms with E-state index < -0.39 is 0 Å². The molecule has 1 heterocycles. The van der Waals surface area contributed by atoms with Crippen LogP contribution < -0.4 is 5.73 Å². The van der Waals surface area contributed by atoms with E-state index >= 15 is 0 Å². The lowest BCUT2D eigenvalue weighted by molar-refractivity contribution is -0.133. The summed E-state index contributed by atoms with van der Waals surface area (Å²) in [4.78, 5) is 14.4. The highest BCUT2D eigenvalue weighted by Crippen LogP contribution is 2.45. The van der Waals surface area contributed by atoms with Crippen molar-refractivity contribution in [3.8, 4) is 0 Å². The zero-order valence-corrected chi connectivity index (χ0v) is 13.8. The standard InChI is InChI=1S/C15H27BrN2O/c1-11(2)13(17)14(19)18-8-7-15(10-18)5-3-12(9-16)4-6-15/h11-13H,3-10,17H2,1-2H3/t12?,13-,15?/m0/s1. The van der Waals surface area contributed by atoms with E-state index in [1.165, 1.54) is 32.1 Å². The van der Waals surface area contributed by atoms with Crippen LogP contribution in [-0.4, -0.2) is 35.3 Å². The zero-order valence-electron chi connectivity index (χ0n) is 12.2. The average molecular weight is 331 g/mol. The molecule has 2 aliphatic rings. The molecule has 0 aromatic rings. The van der Waals surface area contributed by atoms with Crippen molar-refractivity contribution in [1.82, 2.24) is 4.90 Å². The van der Waals surface area contributed by atoms with Crippen LogP contribution in [0.1, 0.15) is 46.0 Å². The van der Waals surface area contributed by atoms with Gasteiger partial charge in [-0.05, 0) is 49.4 Å². The molecule has 1 spiro atoms. The third kappa shape index (κ3) is 3.33. The molecule has 0 radical (unpaired) electrons. The van der Waals surface area contributed by atoms with Gasteiger partial charge in [-0.3, -0.25) is 4.79 Å². The maximum Gasteiger partial charge on any atom is 0.239 e. The molecule has 2 rings (SSSR count). The van der Waals surface area contributed by atoms with Crippen LogP contribution in [0.3, 0.4) is 0 Å². The fourth-order valence-electron chi connectivity index (χ4n) is 3.47. The van der Waals surface area contributed by atoms with Crippen LogP contribution in [0.4, 0.5) is 0 Å². The van der Waals surface area contributed by atoms with Crippen molar-refractivity contribution >= 4 is 21.8 Å². The minimum Gasteiger partial charge on any atom is -0.341 e. The fourth-order valence-corrected chi connectivity index (χ4v) is 4.12. The first-order valence-electron chi connectivity index (χ1n) is 7.58. The first-order valence-corrected chi connectivity index (χ1v) is 8.70. The second-order valence-electron chi connectivity index (χ2n) is 6.88. The maximum absolute atomic E-state index is 12.3. The second kappa shape index (κ2) is 6.13. The molecule has 1 saturated carbocycles. The average Bonchev–Trinajstić information content (AvgIpc) is 2.82. The van der Waals surface area contributed by atoms with Crippen LogP contribution in [0.15, 0.2) is 0 Å². The summed E-state index contributed by atoms with van der Waals surface area (Å²) < 4.78 is 0. The van der Waals surface area contributed by atoms with Gasteiger partial charge >= 0.3 is 0 Å². The van der Waals surface area contributed by atoms with Gasteiger partial charge in [0, 0.05) is 18.4 Å². The Balaban J connectivity index is 1.91. The van der Waals surface area contributed by atoms with Gasteiger partial charge in [0.15, 0.2) is 0 Å². The molecule has 1 aliphatic heterocycles. The Morgan fingerprint density at radius 1 is 1.37 bits per heavy atom. The number of likely N-dealkylation sites (tertiary alicyclic amines) is 1. The van der Waals surface area contributed by atoms with E-state index in [1.807, 2.05) is 18.7 Å². The summed E-state index contributed by atoms with van der Waals surface area (Å²) >= 11 is 3.60. The Labute approximate surface area is 125 Å². The molecule has 0 aromatic heterocycles. The Morgan fingerprint density at radius 2 is 2.00 bits per heavy atom. The van der Waals surface area contributed by atoms with Crippen LogP contribution >= 0.6 is 15.9 Å². The third-order valence-electron chi connectivity index (χ3n) is 5.14. The maximum atomic E-state index is 12.3. The van der Waals surface area contributed by atoms with Crippen molar-refractivity contribution in [2.45, 2.75) is 52.0 Å². The highest BCUT2D eigenvalue weighted by molar-refractivity contribution is 9.09. The zero-order chi connectivity index (χ0) is 14.0. The van der Waals surface area contributed by atoms with Gasteiger partial charge in [0.05, 0.1) is 6.04 Å². The first-order chi connectivity index (χ1) is 8.97. The van der Waals surface area contributed by atoms with E-state index in [0.29, 0.717) is 5.41 Å². The summed E-state index contributed by atoms with van der Waals surface area (Å²) in [6.07, 6.45) is 6.36. The Morgan fingerprint density at radius 3 is 2.53 bits per heavy atom. The summed E-state index contributed by atoms with van der Waals surface area (Å²) in [6.45, 7) is 5.91. The summed E-state index contributed by atoms with van der Waals surface area (Å²) in [6, 6.07) is -0.325. The minimum absolute atomic E-state index is 0.162. The van der Waals surface area contributed by atoms with Crippen LogP contribution in [0.25, 0.3) is 0 Å². The van der Waals surface area contributed by atoms with E-state index in [0.717, 1.165) is 24.3 Å². The van der Waals surface area contributed by atoms with Crippen molar-refractivity contribution in [3.05, 3.63) is 0 Å². The quantitative estimate of drug-likeness (QED) is 0.809. The first kappa shape index (κ1) is 15.3. The second-order valence-corrected chi connectivity index (χ2v) is 7.52. The monoisotopic (exact) mass is 330 g/mol. The van der Waals surface area contributed by atoms with Gasteiger partial charge in [-0.25, -0.2) is 0 Å². The van der Waals surface area contributed by atoms with Crippen LogP contribution in [-0.2, 0) is 4.79 Å². The molecule has 110 valence electrons. The molecule has 2 N–H and O–H groups in total. The van der Waals surface area contributed by atoms with Crippen LogP contribution in [0.5, 0.6) is 0 Å². The van der Waals surface area contributed by atoms with Gasteiger partial charge in [-0.1, -0.05) is 29.8 Å². The smallest absolute Gasteiger partial charge is 0.239 e. The predicted molar refractivity (Wildman–Crippen MR) is 82.2 cm³/mol. The lowest BCUT2D eigenvalue weighted by Crippen LogP contribution is -2.46. The molecule has 1 saturated heterocycles. The number of carbonyl (C=O) groups excluding carboxylic acids is 1. The molecule has 0 unspecified atom stereocenters. The van der Waals surface area contributed by atoms with Gasteiger partial charge in [-0.2, -0.15) is 0 Å². The largest absolute Gasteiger partial charge is 0.341 e. The lowest BCUT2D eigenvalue weighted by atomic mass is 9.70. The number of carbonyl (C=O) groups is 1. The molecule has 1 atom stereocenters. The number of hydrogen-bond donors (Lipinski definition) is 1. The molecule has 1 amide bonds. The van der Waals surface area contributed by atoms with Gasteiger partial charge in [0.25, 0.3) is 0 Å². The Kier molecular flexibility index (Phi) is 4.93. The van der Waals surface area contributed by atoms with E-state index in [4.69, 9.17) is 5.73 Å².